The lowest BCUT2D eigenvalue weighted by Gasteiger charge is -2.26. The molecule has 6 nitrogen and oxygen atoms in total. The monoisotopic (exact) mass is 431 g/mol. The average molecular weight is 432 g/mol. The Morgan fingerprint density at radius 3 is 2.37 bits per heavy atom. The lowest BCUT2D eigenvalue weighted by molar-refractivity contribution is -0.160. The predicted octanol–water partition coefficient (Wildman–Crippen LogP) is 3.37. The van der Waals surface area contributed by atoms with Gasteiger partial charge in [-0.05, 0) is 36.8 Å². The normalized spacial score (nSPS) is 18.2. The molecule has 1 fully saturated rings. The van der Waals surface area contributed by atoms with Gasteiger partial charge in [-0.1, -0.05) is 41.9 Å². The minimum atomic E-state index is -3.33. The Morgan fingerprint density at radius 1 is 1.13 bits per heavy atom. The van der Waals surface area contributed by atoms with Crippen molar-refractivity contribution in [2.75, 3.05) is 6.61 Å². The molecule has 3 rings (SSSR count). The topological polar surface area (TPSA) is 80.8 Å². The van der Waals surface area contributed by atoms with Crippen LogP contribution in [0.25, 0.3) is 0 Å². The summed E-state index contributed by atoms with van der Waals surface area (Å²) in [5.41, 5.74) is -2.83. The number of carbonyl (C=O) groups is 4. The first-order chi connectivity index (χ1) is 14.3. The van der Waals surface area contributed by atoms with Crippen molar-refractivity contribution in [3.8, 4) is 0 Å². The molecule has 2 atom stereocenters. The molecule has 0 bridgehead atoms. The van der Waals surface area contributed by atoms with Gasteiger partial charge >= 0.3 is 5.97 Å². The molecule has 2 aromatic carbocycles. The van der Waals surface area contributed by atoms with Crippen LogP contribution in [0.2, 0.25) is 5.02 Å². The van der Waals surface area contributed by atoms with Crippen molar-refractivity contribution in [1.82, 2.24) is 4.90 Å². The number of ketones is 1. The van der Waals surface area contributed by atoms with Gasteiger partial charge in [0.25, 0.3) is 5.67 Å². The zero-order chi connectivity index (χ0) is 21.9. The first-order valence-electron chi connectivity index (χ1n) is 9.33. The summed E-state index contributed by atoms with van der Waals surface area (Å²) in [7, 11) is 0. The van der Waals surface area contributed by atoms with E-state index in [2.05, 4.69) is 0 Å². The van der Waals surface area contributed by atoms with Gasteiger partial charge in [-0.25, -0.2) is 9.18 Å². The molecule has 2 aromatic rings. The molecular weight excluding hydrogens is 413 g/mol. The van der Waals surface area contributed by atoms with Crippen molar-refractivity contribution >= 4 is 35.2 Å². The Balaban J connectivity index is 1.96. The molecule has 1 aliphatic rings. The number of hydrogen-bond acceptors (Lipinski definition) is 5. The van der Waals surface area contributed by atoms with Crippen molar-refractivity contribution < 1.29 is 28.3 Å². The first-order valence-corrected chi connectivity index (χ1v) is 9.71. The Bertz CT molecular complexity index is 979. The summed E-state index contributed by atoms with van der Waals surface area (Å²) in [5.74, 6) is -6.13. The molecular formula is C22H19ClFNO5. The summed E-state index contributed by atoms with van der Waals surface area (Å²) in [6.45, 7) is 1.18. The number of imide groups is 1. The van der Waals surface area contributed by atoms with Crippen LogP contribution >= 0.6 is 11.6 Å². The molecule has 0 aromatic heterocycles. The third-order valence-corrected chi connectivity index (χ3v) is 5.17. The third-order valence-electron chi connectivity index (χ3n) is 4.92. The highest BCUT2D eigenvalue weighted by atomic mass is 35.5. The van der Waals surface area contributed by atoms with E-state index >= 15 is 4.39 Å². The van der Waals surface area contributed by atoms with E-state index in [0.29, 0.717) is 10.6 Å². The lowest BCUT2D eigenvalue weighted by Crippen LogP contribution is -2.52. The number of carbonyl (C=O) groups excluding carboxylic acids is 4. The van der Waals surface area contributed by atoms with Crippen LogP contribution in [0, 0.1) is 5.92 Å². The van der Waals surface area contributed by atoms with Gasteiger partial charge in [0.15, 0.2) is 0 Å². The summed E-state index contributed by atoms with van der Waals surface area (Å²) < 4.78 is 20.9. The van der Waals surface area contributed by atoms with Crippen LogP contribution in [0.1, 0.15) is 29.3 Å². The number of benzene rings is 2. The second-order valence-corrected chi connectivity index (χ2v) is 7.27. The molecule has 0 saturated carbocycles. The van der Waals surface area contributed by atoms with E-state index in [9.17, 15) is 19.2 Å². The molecule has 8 heteroatoms. The summed E-state index contributed by atoms with van der Waals surface area (Å²) in [6.07, 6.45) is -0.611. The zero-order valence-electron chi connectivity index (χ0n) is 16.1. The van der Waals surface area contributed by atoms with E-state index in [0.717, 1.165) is 4.90 Å². The van der Waals surface area contributed by atoms with Crippen molar-refractivity contribution in [2.24, 2.45) is 5.92 Å². The van der Waals surface area contributed by atoms with Crippen molar-refractivity contribution in [1.29, 1.82) is 0 Å². The van der Waals surface area contributed by atoms with Crippen LogP contribution in [0.3, 0.4) is 0 Å². The number of rotatable bonds is 7. The molecule has 0 unspecified atom stereocenters. The number of esters is 1. The minimum absolute atomic E-state index is 0.0803. The fourth-order valence-corrected chi connectivity index (χ4v) is 3.49. The minimum Gasteiger partial charge on any atom is -0.463 e. The smallest absolute Gasteiger partial charge is 0.353 e. The van der Waals surface area contributed by atoms with Gasteiger partial charge < -0.3 is 4.74 Å². The van der Waals surface area contributed by atoms with Gasteiger partial charge in [0.2, 0.25) is 17.6 Å². The highest BCUT2D eigenvalue weighted by Crippen LogP contribution is 2.37. The van der Waals surface area contributed by atoms with Crippen molar-refractivity contribution in [2.45, 2.75) is 25.6 Å². The second-order valence-electron chi connectivity index (χ2n) is 6.83. The van der Waals surface area contributed by atoms with Gasteiger partial charge in [0.05, 0.1) is 13.2 Å². The fraction of sp³-hybridized carbons (Fsp3) is 0.273. The largest absolute Gasteiger partial charge is 0.463 e. The molecule has 30 heavy (non-hydrogen) atoms. The third kappa shape index (κ3) is 3.98. The van der Waals surface area contributed by atoms with Crippen LogP contribution < -0.4 is 0 Å². The SMILES string of the molecule is CCOC(=O)[C@@](F)(C(=O)c1ccc(Cl)cc1)[C@H]1CC(=O)N(Cc2ccccc2)C1=O. The Kier molecular flexibility index (Phi) is 6.31. The summed E-state index contributed by atoms with van der Waals surface area (Å²) in [4.78, 5) is 51.8. The Hall–Kier alpha value is -3.06. The Labute approximate surface area is 177 Å². The fourth-order valence-electron chi connectivity index (χ4n) is 3.37. The maximum Gasteiger partial charge on any atom is 0.353 e. The van der Waals surface area contributed by atoms with Gasteiger partial charge in [-0.3, -0.25) is 19.3 Å². The van der Waals surface area contributed by atoms with Crippen LogP contribution in [-0.2, 0) is 25.7 Å². The summed E-state index contributed by atoms with van der Waals surface area (Å²) >= 11 is 5.81. The number of halogens is 2. The van der Waals surface area contributed by atoms with Gasteiger partial charge in [0, 0.05) is 17.0 Å². The highest BCUT2D eigenvalue weighted by molar-refractivity contribution is 6.30. The van der Waals surface area contributed by atoms with Crippen LogP contribution in [0.4, 0.5) is 4.39 Å². The van der Waals surface area contributed by atoms with Crippen molar-refractivity contribution in [3.63, 3.8) is 0 Å². The first kappa shape index (κ1) is 21.6. The lowest BCUT2D eigenvalue weighted by atomic mass is 9.81. The second kappa shape index (κ2) is 8.75. The predicted molar refractivity (Wildman–Crippen MR) is 106 cm³/mol. The summed E-state index contributed by atoms with van der Waals surface area (Å²) in [5, 5.41) is 0.313. The number of alkyl halides is 1. The standard InChI is InChI=1S/C22H19ClFNO5/c1-2-30-21(29)22(24,19(27)15-8-10-16(23)11-9-15)17-12-18(26)25(20(17)28)13-14-6-4-3-5-7-14/h3-11,17H,2,12-13H2,1H3/t17-,22-/m0/s1. The van der Waals surface area contributed by atoms with E-state index < -0.39 is 41.6 Å². The molecule has 156 valence electrons. The van der Waals surface area contributed by atoms with E-state index in [1.165, 1.54) is 31.2 Å². The average Bonchev–Trinajstić information content (AvgIpc) is 3.02. The molecule has 0 spiro atoms. The maximum absolute atomic E-state index is 16.1. The maximum atomic E-state index is 16.1. The molecule has 2 amide bonds. The van der Waals surface area contributed by atoms with E-state index in [-0.39, 0.29) is 18.7 Å². The van der Waals surface area contributed by atoms with E-state index in [1.807, 2.05) is 0 Å². The molecule has 1 saturated heterocycles. The van der Waals surface area contributed by atoms with Crippen LogP contribution in [-0.4, -0.2) is 40.7 Å². The molecule has 0 aliphatic carbocycles. The Morgan fingerprint density at radius 2 is 1.77 bits per heavy atom. The van der Waals surface area contributed by atoms with E-state index in [1.54, 1.807) is 30.3 Å². The van der Waals surface area contributed by atoms with Crippen LogP contribution in [0.5, 0.6) is 0 Å². The molecule has 0 N–H and O–H groups in total. The van der Waals surface area contributed by atoms with Gasteiger partial charge in [-0.15, -0.1) is 0 Å². The number of Topliss-reactive ketones (excluding diaryl/α,β-unsaturated/α-hetero) is 1. The molecule has 1 heterocycles. The quantitative estimate of drug-likeness (QED) is 0.290. The number of ether oxygens (including phenoxy) is 1. The number of amides is 2. The highest BCUT2D eigenvalue weighted by Gasteiger charge is 2.62. The number of nitrogens with zero attached hydrogens (tertiary/aromatic N) is 1. The van der Waals surface area contributed by atoms with Crippen molar-refractivity contribution in [3.05, 3.63) is 70.7 Å². The van der Waals surface area contributed by atoms with Gasteiger partial charge in [0.1, 0.15) is 5.92 Å². The summed E-state index contributed by atoms with van der Waals surface area (Å²) in [6, 6.07) is 13.9. The number of hydrogen-bond donors (Lipinski definition) is 0. The van der Waals surface area contributed by atoms with E-state index in [4.69, 9.17) is 16.3 Å². The molecule has 0 radical (unpaired) electrons. The molecule has 1 aliphatic heterocycles. The zero-order valence-corrected chi connectivity index (χ0v) is 16.9. The van der Waals surface area contributed by atoms with Crippen LogP contribution in [0.15, 0.2) is 54.6 Å². The number of likely N-dealkylation sites (tertiary alicyclic amines) is 1. The van der Waals surface area contributed by atoms with Gasteiger partial charge in [-0.2, -0.15) is 0 Å².